The first-order valence-electron chi connectivity index (χ1n) is 9.79. The lowest BCUT2D eigenvalue weighted by Gasteiger charge is -2.13. The smallest absolute Gasteiger partial charge is 0.330 e. The Morgan fingerprint density at radius 2 is 2.11 bits per heavy atom. The van der Waals surface area contributed by atoms with E-state index in [4.69, 9.17) is 10.7 Å². The molecule has 0 radical (unpaired) electrons. The molecule has 0 bridgehead atoms. The number of hydrogen-bond acceptors (Lipinski definition) is 5. The van der Waals surface area contributed by atoms with Crippen molar-refractivity contribution in [1.29, 1.82) is 0 Å². The van der Waals surface area contributed by atoms with Crippen LogP contribution in [0.3, 0.4) is 0 Å². The van der Waals surface area contributed by atoms with Gasteiger partial charge in [-0.3, -0.25) is 0 Å². The molecule has 0 aliphatic heterocycles. The van der Waals surface area contributed by atoms with Gasteiger partial charge >= 0.3 is 5.97 Å². The van der Waals surface area contributed by atoms with E-state index in [-0.39, 0.29) is 0 Å². The van der Waals surface area contributed by atoms with Crippen molar-refractivity contribution in [3.05, 3.63) is 35.7 Å². The summed E-state index contributed by atoms with van der Waals surface area (Å²) in [5, 5.41) is 1.02. The van der Waals surface area contributed by atoms with Gasteiger partial charge in [0, 0.05) is 24.4 Å². The van der Waals surface area contributed by atoms with E-state index in [1.807, 2.05) is 18.2 Å². The predicted octanol–water partition coefficient (Wildman–Crippen LogP) is 4.35. The minimum atomic E-state index is -0.390. The van der Waals surface area contributed by atoms with Gasteiger partial charge in [0.1, 0.15) is 11.3 Å². The Kier molecular flexibility index (Phi) is 5.97. The average molecular weight is 380 g/mol. The van der Waals surface area contributed by atoms with Crippen LogP contribution in [0.25, 0.3) is 28.0 Å². The van der Waals surface area contributed by atoms with Gasteiger partial charge in [0.05, 0.1) is 18.1 Å². The van der Waals surface area contributed by atoms with E-state index in [0.717, 1.165) is 59.1 Å². The molecule has 0 saturated heterocycles. The number of aromatic nitrogens is 3. The molecule has 6 heteroatoms. The second kappa shape index (κ2) is 8.42. The number of rotatable bonds is 7. The molecule has 0 unspecified atom stereocenters. The third kappa shape index (κ3) is 4.01. The minimum absolute atomic E-state index is 0.390. The third-order valence-electron chi connectivity index (χ3n) is 4.72. The summed E-state index contributed by atoms with van der Waals surface area (Å²) in [5.41, 5.74) is 9.76. The van der Waals surface area contributed by atoms with Crippen molar-refractivity contribution in [2.75, 3.05) is 12.8 Å². The summed E-state index contributed by atoms with van der Waals surface area (Å²) >= 11 is 0. The van der Waals surface area contributed by atoms with Crippen LogP contribution in [0.2, 0.25) is 0 Å². The number of imidazole rings is 1. The number of carbonyl (C=O) groups is 1. The largest absolute Gasteiger partial charge is 0.466 e. The molecule has 2 heterocycles. The molecule has 0 saturated carbocycles. The fourth-order valence-electron chi connectivity index (χ4n) is 3.40. The summed E-state index contributed by atoms with van der Waals surface area (Å²) in [6.07, 6.45) is 6.25. The number of esters is 1. The van der Waals surface area contributed by atoms with Gasteiger partial charge in [-0.2, -0.15) is 0 Å². The number of fused-ring (bicyclic) bond motifs is 3. The molecule has 0 atom stereocenters. The summed E-state index contributed by atoms with van der Waals surface area (Å²) in [4.78, 5) is 20.8. The predicted molar refractivity (Wildman–Crippen MR) is 114 cm³/mol. The standard InChI is InChI=1S/C22H28N4O2/c1-5-6-7-18-25-20-21(26(18)13-14(2)3)16-10-8-15(9-11-19(27)28-4)12-17(16)24-22(20)23/h8-12,14H,5-7,13H2,1-4H3,(H2,23,24). The number of carbonyl (C=O) groups excluding carboxylic acids is 1. The quantitative estimate of drug-likeness (QED) is 0.487. The number of benzene rings is 1. The number of anilines is 1. The van der Waals surface area contributed by atoms with E-state index in [1.165, 1.54) is 13.2 Å². The first kappa shape index (κ1) is 19.9. The molecule has 3 rings (SSSR count). The van der Waals surface area contributed by atoms with Gasteiger partial charge in [0.15, 0.2) is 5.82 Å². The van der Waals surface area contributed by atoms with Gasteiger partial charge < -0.3 is 15.0 Å². The van der Waals surface area contributed by atoms with Gasteiger partial charge in [-0.05, 0) is 30.0 Å². The number of ether oxygens (including phenoxy) is 1. The van der Waals surface area contributed by atoms with E-state index < -0.39 is 5.97 Å². The van der Waals surface area contributed by atoms with Crippen LogP contribution < -0.4 is 5.73 Å². The summed E-state index contributed by atoms with van der Waals surface area (Å²) in [7, 11) is 1.36. The molecule has 6 nitrogen and oxygen atoms in total. The Hall–Kier alpha value is -2.89. The number of aryl methyl sites for hydroxylation is 1. The zero-order valence-corrected chi connectivity index (χ0v) is 17.0. The molecule has 0 aliphatic carbocycles. The maximum atomic E-state index is 11.4. The molecule has 3 aromatic rings. The molecular weight excluding hydrogens is 352 g/mol. The Morgan fingerprint density at radius 1 is 1.32 bits per heavy atom. The second-order valence-corrected chi connectivity index (χ2v) is 7.46. The highest BCUT2D eigenvalue weighted by molar-refractivity contribution is 6.07. The van der Waals surface area contributed by atoms with Crippen molar-refractivity contribution >= 4 is 39.8 Å². The maximum absolute atomic E-state index is 11.4. The zero-order valence-electron chi connectivity index (χ0n) is 17.0. The van der Waals surface area contributed by atoms with Crippen LogP contribution in [0.4, 0.5) is 5.82 Å². The molecule has 2 N–H and O–H groups in total. The van der Waals surface area contributed by atoms with E-state index in [9.17, 15) is 4.79 Å². The highest BCUT2D eigenvalue weighted by atomic mass is 16.5. The summed E-state index contributed by atoms with van der Waals surface area (Å²) in [6.45, 7) is 7.48. The Morgan fingerprint density at radius 3 is 2.79 bits per heavy atom. The first-order chi connectivity index (χ1) is 13.4. The zero-order chi connectivity index (χ0) is 20.3. The maximum Gasteiger partial charge on any atom is 0.330 e. The van der Waals surface area contributed by atoms with Gasteiger partial charge in [-0.1, -0.05) is 39.3 Å². The molecule has 2 aromatic heterocycles. The molecule has 0 fully saturated rings. The van der Waals surface area contributed by atoms with Crippen molar-refractivity contribution in [2.45, 2.75) is 46.6 Å². The molecule has 1 aromatic carbocycles. The lowest BCUT2D eigenvalue weighted by atomic mass is 10.1. The molecule has 0 aliphatic rings. The van der Waals surface area contributed by atoms with Gasteiger partial charge in [-0.15, -0.1) is 0 Å². The van der Waals surface area contributed by atoms with Crippen molar-refractivity contribution in [1.82, 2.24) is 14.5 Å². The Labute approximate surface area is 165 Å². The van der Waals surface area contributed by atoms with Crippen molar-refractivity contribution < 1.29 is 9.53 Å². The fraction of sp³-hybridized carbons (Fsp3) is 0.409. The molecular formula is C22H28N4O2. The lowest BCUT2D eigenvalue weighted by Crippen LogP contribution is -2.09. The highest BCUT2D eigenvalue weighted by Crippen LogP contribution is 2.30. The van der Waals surface area contributed by atoms with Crippen LogP contribution in [-0.2, 0) is 22.5 Å². The lowest BCUT2D eigenvalue weighted by molar-refractivity contribution is -0.134. The monoisotopic (exact) mass is 380 g/mol. The number of hydrogen-bond donors (Lipinski definition) is 1. The number of nitrogen functional groups attached to an aromatic ring is 1. The number of methoxy groups -OCH3 is 1. The highest BCUT2D eigenvalue weighted by Gasteiger charge is 2.18. The minimum Gasteiger partial charge on any atom is -0.466 e. The van der Waals surface area contributed by atoms with Crippen LogP contribution in [-0.4, -0.2) is 27.6 Å². The molecule has 0 amide bonds. The Bertz CT molecular complexity index is 1030. The topological polar surface area (TPSA) is 83.0 Å². The number of nitrogens with two attached hydrogens (primary N) is 1. The first-order valence-corrected chi connectivity index (χ1v) is 9.79. The van der Waals surface area contributed by atoms with Crippen LogP contribution >= 0.6 is 0 Å². The van der Waals surface area contributed by atoms with Crippen LogP contribution in [0, 0.1) is 5.92 Å². The van der Waals surface area contributed by atoms with E-state index in [0.29, 0.717) is 11.7 Å². The van der Waals surface area contributed by atoms with Crippen molar-refractivity contribution in [2.24, 2.45) is 5.92 Å². The van der Waals surface area contributed by atoms with Crippen LogP contribution in [0.5, 0.6) is 0 Å². The van der Waals surface area contributed by atoms with Crippen molar-refractivity contribution in [3.63, 3.8) is 0 Å². The average Bonchev–Trinajstić information content (AvgIpc) is 3.02. The number of pyridine rings is 1. The Balaban J connectivity index is 2.19. The van der Waals surface area contributed by atoms with Gasteiger partial charge in [0.25, 0.3) is 0 Å². The van der Waals surface area contributed by atoms with Crippen LogP contribution in [0.1, 0.15) is 45.0 Å². The second-order valence-electron chi connectivity index (χ2n) is 7.46. The molecule has 148 valence electrons. The van der Waals surface area contributed by atoms with Gasteiger partial charge in [0.2, 0.25) is 0 Å². The van der Waals surface area contributed by atoms with Gasteiger partial charge in [-0.25, -0.2) is 14.8 Å². The number of unbranched alkanes of at least 4 members (excludes halogenated alkanes) is 1. The summed E-state index contributed by atoms with van der Waals surface area (Å²) in [6, 6.07) is 5.93. The number of nitrogens with zero attached hydrogens (tertiary/aromatic N) is 3. The SMILES string of the molecule is CCCCc1nc2c(N)nc3cc(C=CC(=O)OC)ccc3c2n1CC(C)C. The summed E-state index contributed by atoms with van der Waals surface area (Å²) in [5.74, 6) is 1.61. The molecule has 28 heavy (non-hydrogen) atoms. The normalized spacial score (nSPS) is 11.9. The van der Waals surface area contributed by atoms with Crippen LogP contribution in [0.15, 0.2) is 24.3 Å². The van der Waals surface area contributed by atoms with Crippen molar-refractivity contribution in [3.8, 4) is 0 Å². The van der Waals surface area contributed by atoms with E-state index >= 15 is 0 Å². The summed E-state index contributed by atoms with van der Waals surface area (Å²) < 4.78 is 6.96. The van der Waals surface area contributed by atoms with E-state index in [1.54, 1.807) is 6.08 Å². The third-order valence-corrected chi connectivity index (χ3v) is 4.72. The van der Waals surface area contributed by atoms with E-state index in [2.05, 4.69) is 35.1 Å². The fourth-order valence-corrected chi connectivity index (χ4v) is 3.40. The molecule has 0 spiro atoms.